The second kappa shape index (κ2) is 2.17. The minimum atomic E-state index is -0.782. The highest BCUT2D eigenvalue weighted by Gasteiger charge is 2.30. The number of rotatable bonds is 0. The molecular weight excluding hydrogens is 156 g/mol. The van der Waals surface area contributed by atoms with Gasteiger partial charge in [0.05, 0.1) is 5.56 Å². The van der Waals surface area contributed by atoms with Crippen molar-refractivity contribution in [3.63, 3.8) is 0 Å². The Hall–Kier alpha value is -1.64. The Morgan fingerprint density at radius 2 is 2.00 bits per heavy atom. The fourth-order valence-corrected chi connectivity index (χ4v) is 1.16. The van der Waals surface area contributed by atoms with E-state index in [-0.39, 0.29) is 0 Å². The van der Waals surface area contributed by atoms with Crippen LogP contribution in [0.15, 0.2) is 18.2 Å². The first-order chi connectivity index (χ1) is 5.68. The van der Waals surface area contributed by atoms with Crippen LogP contribution in [-0.4, -0.2) is 11.8 Å². The number of carbonyl (C=O) groups is 2. The molecule has 0 amide bonds. The largest absolute Gasteiger partial charge is 0.420 e. The molecule has 1 heterocycles. The van der Waals surface area contributed by atoms with E-state index in [0.29, 0.717) is 11.3 Å². The third kappa shape index (κ3) is 0.830. The van der Waals surface area contributed by atoms with Crippen LogP contribution >= 0.6 is 0 Å². The molecule has 1 aromatic rings. The highest BCUT2D eigenvalue weighted by Crippen LogP contribution is 2.26. The molecule has 0 saturated heterocycles. The lowest BCUT2D eigenvalue weighted by molar-refractivity contribution is -0.128. The van der Waals surface area contributed by atoms with E-state index in [1.54, 1.807) is 18.2 Å². The van der Waals surface area contributed by atoms with Crippen molar-refractivity contribution in [2.75, 3.05) is 0 Å². The number of esters is 1. The van der Waals surface area contributed by atoms with Gasteiger partial charge >= 0.3 is 5.97 Å². The van der Waals surface area contributed by atoms with E-state index in [1.807, 2.05) is 6.92 Å². The van der Waals surface area contributed by atoms with Crippen molar-refractivity contribution in [3.05, 3.63) is 29.3 Å². The molecule has 0 fully saturated rings. The predicted octanol–water partition coefficient (Wildman–Crippen LogP) is 1.10. The maximum Gasteiger partial charge on any atom is 0.385 e. The van der Waals surface area contributed by atoms with Crippen LogP contribution in [0.25, 0.3) is 0 Å². The van der Waals surface area contributed by atoms with E-state index in [9.17, 15) is 9.59 Å². The molecular formula is C9H6O3. The number of hydrogen-bond donors (Lipinski definition) is 0. The average molecular weight is 162 g/mol. The summed E-state index contributed by atoms with van der Waals surface area (Å²) in [5.74, 6) is -0.953. The van der Waals surface area contributed by atoms with Crippen LogP contribution in [0.1, 0.15) is 15.9 Å². The molecule has 2 rings (SSSR count). The Balaban J connectivity index is 2.62. The normalized spacial score (nSPS) is 14.4. The number of carbonyl (C=O) groups excluding carboxylic acids is 2. The summed E-state index contributed by atoms with van der Waals surface area (Å²) >= 11 is 0. The van der Waals surface area contributed by atoms with Crippen molar-refractivity contribution in [1.29, 1.82) is 0 Å². The minimum absolute atomic E-state index is 0.366. The third-order valence-electron chi connectivity index (χ3n) is 1.77. The van der Waals surface area contributed by atoms with Gasteiger partial charge in [0.2, 0.25) is 0 Å². The molecule has 0 spiro atoms. The lowest BCUT2D eigenvalue weighted by atomic mass is 10.1. The first-order valence-corrected chi connectivity index (χ1v) is 3.55. The molecule has 0 aliphatic carbocycles. The summed E-state index contributed by atoms with van der Waals surface area (Å²) in [5, 5.41) is 0. The number of benzene rings is 1. The van der Waals surface area contributed by atoms with Crippen molar-refractivity contribution in [2.24, 2.45) is 0 Å². The fraction of sp³-hybridized carbons (Fsp3) is 0.111. The zero-order valence-electron chi connectivity index (χ0n) is 6.46. The molecule has 1 aliphatic rings. The molecule has 0 bridgehead atoms. The van der Waals surface area contributed by atoms with E-state index >= 15 is 0 Å². The van der Waals surface area contributed by atoms with Gasteiger partial charge in [0.1, 0.15) is 5.75 Å². The van der Waals surface area contributed by atoms with E-state index in [0.717, 1.165) is 5.56 Å². The second-order valence-electron chi connectivity index (χ2n) is 2.72. The molecule has 0 N–H and O–H groups in total. The molecule has 0 saturated carbocycles. The minimum Gasteiger partial charge on any atom is -0.420 e. The van der Waals surface area contributed by atoms with Crippen molar-refractivity contribution in [1.82, 2.24) is 0 Å². The van der Waals surface area contributed by atoms with Crippen LogP contribution in [0.4, 0.5) is 0 Å². The Morgan fingerprint density at radius 1 is 1.25 bits per heavy atom. The summed E-state index contributed by atoms with van der Waals surface area (Å²) in [6.45, 7) is 1.87. The number of ether oxygens (including phenoxy) is 1. The Kier molecular flexibility index (Phi) is 1.27. The predicted molar refractivity (Wildman–Crippen MR) is 41.1 cm³/mol. The van der Waals surface area contributed by atoms with Crippen molar-refractivity contribution >= 4 is 11.8 Å². The smallest absolute Gasteiger partial charge is 0.385 e. The zero-order chi connectivity index (χ0) is 8.72. The van der Waals surface area contributed by atoms with Gasteiger partial charge in [-0.1, -0.05) is 6.07 Å². The van der Waals surface area contributed by atoms with Crippen LogP contribution < -0.4 is 4.74 Å². The Bertz CT molecular complexity index is 379. The first kappa shape index (κ1) is 7.03. The lowest BCUT2D eigenvalue weighted by Gasteiger charge is -1.95. The standard InChI is InChI=1S/C9H6O3/c1-5-2-3-6-7(4-5)12-9(11)8(6)10/h2-4H,1H3. The van der Waals surface area contributed by atoms with Gasteiger partial charge in [-0.25, -0.2) is 4.79 Å². The highest BCUT2D eigenvalue weighted by molar-refractivity contribution is 6.44. The number of Topliss-reactive ketones (excluding diaryl/α,β-unsaturated/α-hetero) is 1. The van der Waals surface area contributed by atoms with Crippen molar-refractivity contribution < 1.29 is 14.3 Å². The summed E-state index contributed by atoms with van der Waals surface area (Å²) in [6, 6.07) is 5.06. The van der Waals surface area contributed by atoms with Crippen molar-refractivity contribution in [3.8, 4) is 5.75 Å². The fourth-order valence-electron chi connectivity index (χ4n) is 1.16. The third-order valence-corrected chi connectivity index (χ3v) is 1.77. The van der Waals surface area contributed by atoms with Gasteiger partial charge in [-0.15, -0.1) is 0 Å². The summed E-state index contributed by atoms with van der Waals surface area (Å²) in [7, 11) is 0. The average Bonchev–Trinajstić information content (AvgIpc) is 2.28. The van der Waals surface area contributed by atoms with Crippen LogP contribution in [0.5, 0.6) is 5.75 Å². The number of fused-ring (bicyclic) bond motifs is 1. The van der Waals surface area contributed by atoms with Crippen molar-refractivity contribution in [2.45, 2.75) is 6.92 Å². The van der Waals surface area contributed by atoms with E-state index in [1.165, 1.54) is 0 Å². The molecule has 0 atom stereocenters. The SMILES string of the molecule is Cc1ccc2c(c1)OC(=O)C2=O. The maximum absolute atomic E-state index is 11.0. The summed E-state index contributed by atoms with van der Waals surface area (Å²) in [5.41, 5.74) is 1.34. The Labute approximate surface area is 69.0 Å². The molecule has 0 unspecified atom stereocenters. The second-order valence-corrected chi connectivity index (χ2v) is 2.72. The molecule has 12 heavy (non-hydrogen) atoms. The summed E-state index contributed by atoms with van der Waals surface area (Å²) in [6.07, 6.45) is 0. The molecule has 0 aromatic heterocycles. The Morgan fingerprint density at radius 3 is 2.75 bits per heavy atom. The number of hydrogen-bond acceptors (Lipinski definition) is 3. The highest BCUT2D eigenvalue weighted by atomic mass is 16.5. The van der Waals surface area contributed by atoms with E-state index < -0.39 is 11.8 Å². The van der Waals surface area contributed by atoms with Crippen LogP contribution in [0.3, 0.4) is 0 Å². The molecule has 3 nitrogen and oxygen atoms in total. The summed E-state index contributed by atoms with van der Waals surface area (Å²) < 4.78 is 4.71. The molecule has 3 heteroatoms. The van der Waals surface area contributed by atoms with Gasteiger partial charge in [0, 0.05) is 0 Å². The van der Waals surface area contributed by atoms with Gasteiger partial charge in [0.25, 0.3) is 5.78 Å². The topological polar surface area (TPSA) is 43.4 Å². The zero-order valence-corrected chi connectivity index (χ0v) is 6.46. The maximum atomic E-state index is 11.0. The summed E-state index contributed by atoms with van der Waals surface area (Å²) in [4.78, 5) is 21.8. The van der Waals surface area contributed by atoms with Gasteiger partial charge in [-0.05, 0) is 24.6 Å². The molecule has 0 radical (unpaired) electrons. The van der Waals surface area contributed by atoms with Gasteiger partial charge in [-0.3, -0.25) is 4.79 Å². The van der Waals surface area contributed by atoms with Crippen LogP contribution in [0, 0.1) is 6.92 Å². The lowest BCUT2D eigenvalue weighted by Crippen LogP contribution is -2.10. The van der Waals surface area contributed by atoms with Crippen LogP contribution in [-0.2, 0) is 4.79 Å². The molecule has 1 aliphatic heterocycles. The molecule has 1 aromatic carbocycles. The van der Waals surface area contributed by atoms with Gasteiger partial charge < -0.3 is 4.74 Å². The van der Waals surface area contributed by atoms with Gasteiger partial charge in [0.15, 0.2) is 0 Å². The monoisotopic (exact) mass is 162 g/mol. The van der Waals surface area contributed by atoms with E-state index in [4.69, 9.17) is 4.74 Å². The van der Waals surface area contributed by atoms with E-state index in [2.05, 4.69) is 0 Å². The molecule has 60 valence electrons. The number of aryl methyl sites for hydroxylation is 1. The quantitative estimate of drug-likeness (QED) is 0.326. The first-order valence-electron chi connectivity index (χ1n) is 3.55. The van der Waals surface area contributed by atoms with Crippen LogP contribution in [0.2, 0.25) is 0 Å². The number of ketones is 1. The van der Waals surface area contributed by atoms with Gasteiger partial charge in [-0.2, -0.15) is 0 Å².